The van der Waals surface area contributed by atoms with Crippen molar-refractivity contribution in [1.82, 2.24) is 19.2 Å². The zero-order valence-electron chi connectivity index (χ0n) is 25.2. The zero-order chi connectivity index (χ0) is 32.5. The van der Waals surface area contributed by atoms with Crippen LogP contribution in [0.15, 0.2) is 71.5 Å². The van der Waals surface area contributed by atoms with Gasteiger partial charge in [-0.05, 0) is 56.5 Å². The number of sulfonamides is 1. The van der Waals surface area contributed by atoms with E-state index in [4.69, 9.17) is 4.74 Å². The number of anilines is 3. The first-order valence-corrected chi connectivity index (χ1v) is 15.8. The Morgan fingerprint density at radius 3 is 2.47 bits per heavy atom. The van der Waals surface area contributed by atoms with E-state index in [-0.39, 0.29) is 39.6 Å². The van der Waals surface area contributed by atoms with Crippen LogP contribution in [0.4, 0.5) is 21.7 Å². The Bertz CT molecular complexity index is 1770. The van der Waals surface area contributed by atoms with Crippen molar-refractivity contribution in [2.24, 2.45) is 11.8 Å². The molecule has 2 N–H and O–H groups in total. The van der Waals surface area contributed by atoms with Crippen molar-refractivity contribution in [3.05, 3.63) is 72.4 Å². The highest BCUT2D eigenvalue weighted by Crippen LogP contribution is 2.38. The van der Waals surface area contributed by atoms with Crippen LogP contribution < -0.4 is 15.4 Å². The average Bonchev–Trinajstić information content (AvgIpc) is 3.81. The van der Waals surface area contributed by atoms with Gasteiger partial charge in [-0.15, -0.1) is 0 Å². The molecule has 12 nitrogen and oxygen atoms in total. The fourth-order valence-electron chi connectivity index (χ4n) is 4.69. The molecular formula is C31H33FN6O6S. The van der Waals surface area contributed by atoms with Crippen molar-refractivity contribution < 1.29 is 31.9 Å². The Hall–Kier alpha value is -4.69. The number of nitrogens with zero attached hydrogens (tertiary/aromatic N) is 4. The average molecular weight is 637 g/mol. The van der Waals surface area contributed by atoms with E-state index in [0.29, 0.717) is 24.0 Å². The minimum absolute atomic E-state index is 0.0330. The second-order valence-electron chi connectivity index (χ2n) is 11.3. The Kier molecular flexibility index (Phi) is 8.98. The number of aromatic nitrogens is 2. The fraction of sp³-hybridized carbons (Fsp3) is 0.323. The number of rotatable bonds is 11. The lowest BCUT2D eigenvalue weighted by molar-refractivity contribution is -0.141. The van der Waals surface area contributed by atoms with Crippen molar-refractivity contribution >= 4 is 44.9 Å². The second-order valence-corrected chi connectivity index (χ2v) is 13.5. The maximum Gasteiger partial charge on any atom is 0.260 e. The lowest BCUT2D eigenvalue weighted by atomic mass is 9.87. The van der Waals surface area contributed by atoms with Crippen molar-refractivity contribution in [1.29, 1.82) is 0 Å². The van der Waals surface area contributed by atoms with Gasteiger partial charge in [0.2, 0.25) is 15.9 Å². The molecule has 2 amide bonds. The van der Waals surface area contributed by atoms with Gasteiger partial charge >= 0.3 is 0 Å². The van der Waals surface area contributed by atoms with Crippen molar-refractivity contribution in [3.63, 3.8) is 0 Å². The number of carbonyl (C=O) groups is 3. The summed E-state index contributed by atoms with van der Waals surface area (Å²) in [4.78, 5) is 48.9. The van der Waals surface area contributed by atoms with Crippen LogP contribution in [0, 0.1) is 17.7 Å². The number of pyridine rings is 2. The van der Waals surface area contributed by atoms with Crippen LogP contribution in [0.1, 0.15) is 33.1 Å². The van der Waals surface area contributed by atoms with Gasteiger partial charge in [0.15, 0.2) is 17.3 Å². The van der Waals surface area contributed by atoms with E-state index in [1.165, 1.54) is 74.0 Å². The van der Waals surface area contributed by atoms with E-state index in [0.717, 1.165) is 23.2 Å². The molecule has 1 aliphatic carbocycles. The maximum absolute atomic E-state index is 15.1. The first-order chi connectivity index (χ1) is 21.3. The number of Topliss-reactive ketones (excluding diaryl/α,β-unsaturated/α-hetero) is 1. The first-order valence-electron chi connectivity index (χ1n) is 14.3. The third-order valence-corrected chi connectivity index (χ3v) is 9.19. The van der Waals surface area contributed by atoms with E-state index >= 15 is 4.39 Å². The minimum Gasteiger partial charge on any atom is -0.454 e. The number of hydrogen-bond donors (Lipinski definition) is 2. The SMILES string of the molecule is CC(C)N1C=C(C(=O)Nc2ccc(Oc3ccnc(Nc4ccc(S(=O)(=O)N(C)C)cn4)c3)c(F)c2)C(=O)C(CC2CC2)C1=O. The molecule has 14 heteroatoms. The summed E-state index contributed by atoms with van der Waals surface area (Å²) in [6.45, 7) is 3.61. The van der Waals surface area contributed by atoms with E-state index in [2.05, 4.69) is 20.6 Å². The molecule has 1 atom stereocenters. The summed E-state index contributed by atoms with van der Waals surface area (Å²) >= 11 is 0. The Labute approximate surface area is 260 Å². The van der Waals surface area contributed by atoms with Gasteiger partial charge in [0.05, 0.1) is 5.57 Å². The predicted molar refractivity (Wildman–Crippen MR) is 164 cm³/mol. The van der Waals surface area contributed by atoms with E-state index < -0.39 is 33.4 Å². The topological polar surface area (TPSA) is 151 Å². The van der Waals surface area contributed by atoms with Crippen LogP contribution in [-0.4, -0.2) is 65.3 Å². The van der Waals surface area contributed by atoms with Gasteiger partial charge in [-0.25, -0.2) is 27.1 Å². The Morgan fingerprint density at radius 1 is 1.09 bits per heavy atom. The van der Waals surface area contributed by atoms with Gasteiger partial charge in [0.25, 0.3) is 5.91 Å². The summed E-state index contributed by atoms with van der Waals surface area (Å²) in [6, 6.07) is 9.52. The summed E-state index contributed by atoms with van der Waals surface area (Å²) in [6.07, 6.45) is 6.29. The van der Waals surface area contributed by atoms with Gasteiger partial charge in [-0.1, -0.05) is 12.8 Å². The normalized spacial score (nSPS) is 17.0. The largest absolute Gasteiger partial charge is 0.454 e. The summed E-state index contributed by atoms with van der Waals surface area (Å²) in [7, 11) is -0.773. The van der Waals surface area contributed by atoms with Crippen LogP contribution in [0.5, 0.6) is 11.5 Å². The van der Waals surface area contributed by atoms with Gasteiger partial charge < -0.3 is 20.3 Å². The zero-order valence-corrected chi connectivity index (χ0v) is 26.0. The van der Waals surface area contributed by atoms with Crippen LogP contribution >= 0.6 is 0 Å². The van der Waals surface area contributed by atoms with Gasteiger partial charge in [0.1, 0.15) is 28.2 Å². The maximum atomic E-state index is 15.1. The molecule has 1 saturated carbocycles. The lowest BCUT2D eigenvalue weighted by Crippen LogP contribution is -2.46. The van der Waals surface area contributed by atoms with Crippen LogP contribution in [0.2, 0.25) is 0 Å². The Balaban J connectivity index is 1.25. The summed E-state index contributed by atoms with van der Waals surface area (Å²) in [5.74, 6) is -2.15. The lowest BCUT2D eigenvalue weighted by Gasteiger charge is -2.32. The van der Waals surface area contributed by atoms with Gasteiger partial charge in [-0.2, -0.15) is 0 Å². The van der Waals surface area contributed by atoms with E-state index in [9.17, 15) is 22.8 Å². The molecule has 236 valence electrons. The van der Waals surface area contributed by atoms with E-state index in [1.54, 1.807) is 13.8 Å². The van der Waals surface area contributed by atoms with E-state index in [1.807, 2.05) is 0 Å². The van der Waals surface area contributed by atoms with Crippen LogP contribution in [0.3, 0.4) is 0 Å². The molecule has 0 saturated heterocycles. The fourth-order valence-corrected chi connectivity index (χ4v) is 5.54. The number of nitrogens with one attached hydrogen (secondary N) is 2. The van der Waals surface area contributed by atoms with Crippen LogP contribution in [-0.2, 0) is 24.4 Å². The monoisotopic (exact) mass is 636 g/mol. The first kappa shape index (κ1) is 31.7. The molecule has 0 radical (unpaired) electrons. The molecule has 2 aromatic heterocycles. The summed E-state index contributed by atoms with van der Waals surface area (Å²) in [5.41, 5.74) is -0.0388. The molecular weight excluding hydrogens is 603 g/mol. The van der Waals surface area contributed by atoms with Crippen molar-refractivity contribution in [2.45, 2.75) is 44.0 Å². The molecule has 0 spiro atoms. The highest BCUT2D eigenvalue weighted by atomic mass is 32.2. The summed E-state index contributed by atoms with van der Waals surface area (Å²) < 4.78 is 46.4. The molecule has 3 aromatic rings. The smallest absolute Gasteiger partial charge is 0.260 e. The van der Waals surface area contributed by atoms with Crippen molar-refractivity contribution in [2.75, 3.05) is 24.7 Å². The molecule has 1 fully saturated rings. The molecule has 5 rings (SSSR count). The quantitative estimate of drug-likeness (QED) is 0.230. The van der Waals surface area contributed by atoms with Gasteiger partial charge in [-0.3, -0.25) is 14.4 Å². The number of benzene rings is 1. The number of carbonyl (C=O) groups excluding carboxylic acids is 3. The molecule has 0 bridgehead atoms. The summed E-state index contributed by atoms with van der Waals surface area (Å²) in [5, 5.41) is 5.50. The van der Waals surface area contributed by atoms with Gasteiger partial charge in [0, 0.05) is 56.6 Å². The number of ketones is 1. The standard InChI is InChI=1S/C31H33FN6O6S/c1-18(2)38-17-24(29(39)23(31(38)41)13-19-5-6-19)30(40)35-20-7-9-26(25(32)14-20)44-21-11-12-33-28(15-21)36-27-10-8-22(16-34-27)45(42,43)37(3)4/h7-12,14-19,23H,5-6,13H2,1-4H3,(H,35,40)(H,33,34,36). The highest BCUT2D eigenvalue weighted by molar-refractivity contribution is 7.89. The Morgan fingerprint density at radius 2 is 1.84 bits per heavy atom. The number of ether oxygens (including phenoxy) is 1. The van der Waals surface area contributed by atoms with Crippen molar-refractivity contribution in [3.8, 4) is 11.5 Å². The molecule has 45 heavy (non-hydrogen) atoms. The van der Waals surface area contributed by atoms with Crippen LogP contribution in [0.25, 0.3) is 0 Å². The third-order valence-electron chi connectivity index (χ3n) is 7.39. The second kappa shape index (κ2) is 12.7. The molecule has 2 aliphatic rings. The minimum atomic E-state index is -3.63. The molecule has 1 aliphatic heterocycles. The molecule has 1 unspecified atom stereocenters. The predicted octanol–water partition coefficient (Wildman–Crippen LogP) is 4.46. The molecule has 1 aromatic carbocycles. The highest BCUT2D eigenvalue weighted by Gasteiger charge is 2.42. The molecule has 3 heterocycles. The number of halogens is 1. The third kappa shape index (κ3) is 7.18. The number of hydrogen-bond acceptors (Lipinski definition) is 9. The number of amides is 2.